The zero-order valence-electron chi connectivity index (χ0n) is 8.38. The molecule has 1 aliphatic rings. The summed E-state index contributed by atoms with van der Waals surface area (Å²) in [5.41, 5.74) is 0.922. The van der Waals surface area contributed by atoms with Gasteiger partial charge in [0.2, 0.25) is 0 Å². The van der Waals surface area contributed by atoms with Crippen molar-refractivity contribution >= 4 is 0 Å². The highest BCUT2D eigenvalue weighted by Gasteiger charge is 2.28. The summed E-state index contributed by atoms with van der Waals surface area (Å²) in [6.07, 6.45) is 1.04. The van der Waals surface area contributed by atoms with Gasteiger partial charge in [-0.3, -0.25) is 0 Å². The molecule has 1 N–H and O–H groups in total. The van der Waals surface area contributed by atoms with Crippen LogP contribution in [0.25, 0.3) is 0 Å². The molecule has 0 aromatic heterocycles. The number of hydrogen-bond donors (Lipinski definition) is 1. The summed E-state index contributed by atoms with van der Waals surface area (Å²) in [7, 11) is 1.61. The Hall–Kier alpha value is -1.09. The van der Waals surface area contributed by atoms with Gasteiger partial charge in [-0.25, -0.2) is 4.39 Å². The second-order valence-electron chi connectivity index (χ2n) is 3.74. The van der Waals surface area contributed by atoms with Crippen LogP contribution in [-0.2, 0) is 0 Å². The van der Waals surface area contributed by atoms with Crippen LogP contribution in [0.15, 0.2) is 18.2 Å². The first-order valence-corrected chi connectivity index (χ1v) is 4.80. The SMILES string of the molecule is COc1ccc(F)cc1C1CC(C)N1. The maximum absolute atomic E-state index is 13.0. The zero-order chi connectivity index (χ0) is 10.1. The van der Waals surface area contributed by atoms with E-state index in [1.54, 1.807) is 19.2 Å². The topological polar surface area (TPSA) is 21.3 Å². The largest absolute Gasteiger partial charge is 0.496 e. The summed E-state index contributed by atoms with van der Waals surface area (Å²) >= 11 is 0. The lowest BCUT2D eigenvalue weighted by Gasteiger charge is -2.35. The third kappa shape index (κ3) is 1.60. The summed E-state index contributed by atoms with van der Waals surface area (Å²) < 4.78 is 18.2. The molecule has 0 radical (unpaired) electrons. The number of rotatable bonds is 2. The Labute approximate surface area is 83.1 Å². The second-order valence-corrected chi connectivity index (χ2v) is 3.74. The molecule has 1 aliphatic heterocycles. The Morgan fingerprint density at radius 2 is 2.21 bits per heavy atom. The second kappa shape index (κ2) is 3.58. The Morgan fingerprint density at radius 3 is 2.79 bits per heavy atom. The number of ether oxygens (including phenoxy) is 1. The molecule has 1 aromatic carbocycles. The van der Waals surface area contributed by atoms with Crippen LogP contribution in [0.5, 0.6) is 5.75 Å². The van der Waals surface area contributed by atoms with Crippen molar-refractivity contribution in [2.24, 2.45) is 0 Å². The molecule has 0 aliphatic carbocycles. The molecule has 76 valence electrons. The number of hydrogen-bond acceptors (Lipinski definition) is 2. The normalized spacial score (nSPS) is 25.6. The van der Waals surface area contributed by atoms with Crippen LogP contribution < -0.4 is 10.1 Å². The molecular formula is C11H14FNO. The van der Waals surface area contributed by atoms with Gasteiger partial charge in [0.05, 0.1) is 7.11 Å². The molecule has 1 saturated heterocycles. The van der Waals surface area contributed by atoms with Gasteiger partial charge in [0.1, 0.15) is 11.6 Å². The van der Waals surface area contributed by atoms with Crippen LogP contribution in [0, 0.1) is 5.82 Å². The Bertz CT molecular complexity index is 334. The summed E-state index contributed by atoms with van der Waals surface area (Å²) in [5.74, 6) is 0.554. The minimum atomic E-state index is -0.206. The van der Waals surface area contributed by atoms with E-state index in [1.165, 1.54) is 6.07 Å². The maximum Gasteiger partial charge on any atom is 0.123 e. The quantitative estimate of drug-likeness (QED) is 0.781. The monoisotopic (exact) mass is 195 g/mol. The van der Waals surface area contributed by atoms with E-state index in [2.05, 4.69) is 12.2 Å². The lowest BCUT2D eigenvalue weighted by Crippen LogP contribution is -2.43. The van der Waals surface area contributed by atoms with E-state index >= 15 is 0 Å². The molecule has 14 heavy (non-hydrogen) atoms. The van der Waals surface area contributed by atoms with Crippen LogP contribution in [0.4, 0.5) is 4.39 Å². The van der Waals surface area contributed by atoms with Gasteiger partial charge in [-0.1, -0.05) is 0 Å². The summed E-state index contributed by atoms with van der Waals surface area (Å²) in [5, 5.41) is 3.31. The Morgan fingerprint density at radius 1 is 1.50 bits per heavy atom. The fourth-order valence-electron chi connectivity index (χ4n) is 1.87. The molecule has 2 rings (SSSR count). The van der Waals surface area contributed by atoms with Crippen LogP contribution >= 0.6 is 0 Å². The standard InChI is InChI=1S/C11H14FNO/c1-7-5-10(13-7)9-6-8(12)3-4-11(9)14-2/h3-4,6-7,10,13H,5H2,1-2H3. The van der Waals surface area contributed by atoms with E-state index < -0.39 is 0 Å². The first kappa shape index (κ1) is 9.46. The molecule has 0 spiro atoms. The number of benzene rings is 1. The van der Waals surface area contributed by atoms with Crippen molar-refractivity contribution in [2.75, 3.05) is 7.11 Å². The highest BCUT2D eigenvalue weighted by Crippen LogP contribution is 2.34. The fourth-order valence-corrected chi connectivity index (χ4v) is 1.87. The van der Waals surface area contributed by atoms with Crippen molar-refractivity contribution in [3.05, 3.63) is 29.6 Å². The van der Waals surface area contributed by atoms with E-state index in [-0.39, 0.29) is 11.9 Å². The van der Waals surface area contributed by atoms with Crippen LogP contribution in [-0.4, -0.2) is 13.2 Å². The highest BCUT2D eigenvalue weighted by atomic mass is 19.1. The van der Waals surface area contributed by atoms with E-state index in [9.17, 15) is 4.39 Å². The molecule has 1 aromatic rings. The minimum absolute atomic E-state index is 0.206. The average molecular weight is 195 g/mol. The van der Waals surface area contributed by atoms with Crippen LogP contribution in [0.2, 0.25) is 0 Å². The summed E-state index contributed by atoms with van der Waals surface area (Å²) in [6, 6.07) is 5.41. The fraction of sp³-hybridized carbons (Fsp3) is 0.455. The van der Waals surface area contributed by atoms with Crippen molar-refractivity contribution in [3.63, 3.8) is 0 Å². The first-order valence-electron chi connectivity index (χ1n) is 4.80. The van der Waals surface area contributed by atoms with E-state index in [0.717, 1.165) is 17.7 Å². The van der Waals surface area contributed by atoms with Crippen molar-refractivity contribution in [1.29, 1.82) is 0 Å². The number of methoxy groups -OCH3 is 1. The summed E-state index contributed by atoms with van der Waals surface area (Å²) in [6.45, 7) is 2.11. The van der Waals surface area contributed by atoms with Gasteiger partial charge in [0.25, 0.3) is 0 Å². The Balaban J connectivity index is 2.26. The Kier molecular flexibility index (Phi) is 2.42. The molecule has 2 unspecified atom stereocenters. The van der Waals surface area contributed by atoms with Crippen molar-refractivity contribution in [1.82, 2.24) is 5.32 Å². The molecule has 0 bridgehead atoms. The number of halogens is 1. The molecule has 0 saturated carbocycles. The molecular weight excluding hydrogens is 181 g/mol. The zero-order valence-corrected chi connectivity index (χ0v) is 8.38. The average Bonchev–Trinajstić information content (AvgIpc) is 2.13. The lowest BCUT2D eigenvalue weighted by molar-refractivity contribution is 0.277. The maximum atomic E-state index is 13.0. The van der Waals surface area contributed by atoms with E-state index in [1.807, 2.05) is 0 Å². The predicted molar refractivity (Wildman–Crippen MR) is 52.9 cm³/mol. The first-order chi connectivity index (χ1) is 6.70. The third-order valence-electron chi connectivity index (χ3n) is 2.64. The van der Waals surface area contributed by atoms with E-state index in [0.29, 0.717) is 6.04 Å². The van der Waals surface area contributed by atoms with Gasteiger partial charge in [0.15, 0.2) is 0 Å². The highest BCUT2D eigenvalue weighted by molar-refractivity contribution is 5.37. The van der Waals surface area contributed by atoms with Crippen molar-refractivity contribution in [2.45, 2.75) is 25.4 Å². The molecule has 2 atom stereocenters. The third-order valence-corrected chi connectivity index (χ3v) is 2.64. The van der Waals surface area contributed by atoms with Crippen LogP contribution in [0.1, 0.15) is 24.9 Å². The van der Waals surface area contributed by atoms with Gasteiger partial charge in [-0.05, 0) is 31.5 Å². The van der Waals surface area contributed by atoms with Gasteiger partial charge in [0, 0.05) is 17.6 Å². The number of nitrogens with one attached hydrogen (secondary N) is 1. The van der Waals surface area contributed by atoms with Crippen molar-refractivity contribution < 1.29 is 9.13 Å². The minimum Gasteiger partial charge on any atom is -0.496 e. The smallest absolute Gasteiger partial charge is 0.123 e. The van der Waals surface area contributed by atoms with E-state index in [4.69, 9.17) is 4.74 Å². The molecule has 1 heterocycles. The lowest BCUT2D eigenvalue weighted by atomic mass is 9.91. The van der Waals surface area contributed by atoms with Gasteiger partial charge in [-0.2, -0.15) is 0 Å². The van der Waals surface area contributed by atoms with Gasteiger partial charge < -0.3 is 10.1 Å². The molecule has 1 fully saturated rings. The molecule has 3 heteroatoms. The predicted octanol–water partition coefficient (Wildman–Crippen LogP) is 2.26. The van der Waals surface area contributed by atoms with Gasteiger partial charge in [-0.15, -0.1) is 0 Å². The summed E-state index contributed by atoms with van der Waals surface area (Å²) in [4.78, 5) is 0. The molecule has 2 nitrogen and oxygen atoms in total. The molecule has 0 amide bonds. The van der Waals surface area contributed by atoms with Crippen LogP contribution in [0.3, 0.4) is 0 Å². The van der Waals surface area contributed by atoms with Crippen molar-refractivity contribution in [3.8, 4) is 5.75 Å². The van der Waals surface area contributed by atoms with Gasteiger partial charge >= 0.3 is 0 Å².